The van der Waals surface area contributed by atoms with E-state index in [-0.39, 0.29) is 6.61 Å². The molecule has 1 heterocycles. The van der Waals surface area contributed by atoms with Crippen LogP contribution < -0.4 is 10.6 Å². The third-order valence-corrected chi connectivity index (χ3v) is 3.86. The van der Waals surface area contributed by atoms with Crippen molar-refractivity contribution in [2.24, 2.45) is 0 Å². The highest BCUT2D eigenvalue weighted by molar-refractivity contribution is 5.90. The number of nitrogens with one attached hydrogen (secondary N) is 2. The molecule has 0 radical (unpaired) electrons. The molecule has 0 saturated carbocycles. The van der Waals surface area contributed by atoms with Crippen LogP contribution in [0.25, 0.3) is 10.9 Å². The van der Waals surface area contributed by atoms with Crippen LogP contribution in [0.15, 0.2) is 48.5 Å². The zero-order valence-corrected chi connectivity index (χ0v) is 14.1. The first kappa shape index (κ1) is 17.1. The molecule has 6 heteroatoms. The van der Waals surface area contributed by atoms with Gasteiger partial charge in [-0.05, 0) is 43.2 Å². The lowest BCUT2D eigenvalue weighted by Crippen LogP contribution is -2.08. The van der Waals surface area contributed by atoms with Crippen molar-refractivity contribution in [2.45, 2.75) is 19.4 Å². The van der Waals surface area contributed by atoms with Gasteiger partial charge in [0.15, 0.2) is 0 Å². The van der Waals surface area contributed by atoms with Crippen LogP contribution in [0.4, 0.5) is 17.5 Å². The molecule has 1 atom stereocenters. The summed E-state index contributed by atoms with van der Waals surface area (Å²) in [6.45, 7) is 2.50. The van der Waals surface area contributed by atoms with Gasteiger partial charge in [-0.3, -0.25) is 0 Å². The molecular formula is C19H22N4O2. The summed E-state index contributed by atoms with van der Waals surface area (Å²) in [7, 11) is 0. The summed E-state index contributed by atoms with van der Waals surface area (Å²) in [6.07, 6.45) is 0.118. The van der Waals surface area contributed by atoms with Crippen molar-refractivity contribution in [3.63, 3.8) is 0 Å². The van der Waals surface area contributed by atoms with Gasteiger partial charge in [-0.15, -0.1) is 0 Å². The fourth-order valence-corrected chi connectivity index (χ4v) is 2.56. The highest BCUT2D eigenvalue weighted by Gasteiger charge is 2.08. The first-order valence-electron chi connectivity index (χ1n) is 8.34. The van der Waals surface area contributed by atoms with E-state index in [4.69, 9.17) is 5.11 Å². The van der Waals surface area contributed by atoms with Crippen LogP contribution in [0, 0.1) is 0 Å². The number of fused-ring (bicyclic) bond motifs is 1. The average molecular weight is 338 g/mol. The number of nitrogens with zero attached hydrogens (tertiary/aromatic N) is 2. The lowest BCUT2D eigenvalue weighted by molar-refractivity contribution is 0.199. The molecule has 0 aliphatic rings. The van der Waals surface area contributed by atoms with Crippen molar-refractivity contribution in [1.82, 2.24) is 9.97 Å². The Kier molecular flexibility index (Phi) is 5.42. The molecule has 3 rings (SSSR count). The predicted octanol–water partition coefficient (Wildman–Crippen LogP) is 3.22. The second-order valence-electron chi connectivity index (χ2n) is 5.84. The second kappa shape index (κ2) is 7.92. The predicted molar refractivity (Wildman–Crippen MR) is 100 cm³/mol. The van der Waals surface area contributed by atoms with E-state index in [1.165, 1.54) is 0 Å². The lowest BCUT2D eigenvalue weighted by Gasteiger charge is -2.12. The van der Waals surface area contributed by atoms with Crippen molar-refractivity contribution >= 4 is 28.4 Å². The third-order valence-electron chi connectivity index (χ3n) is 3.86. The van der Waals surface area contributed by atoms with E-state index >= 15 is 0 Å². The van der Waals surface area contributed by atoms with Crippen LogP contribution in [-0.2, 0) is 0 Å². The van der Waals surface area contributed by atoms with Gasteiger partial charge >= 0.3 is 0 Å². The zero-order valence-electron chi connectivity index (χ0n) is 14.1. The van der Waals surface area contributed by atoms with Gasteiger partial charge in [-0.1, -0.05) is 24.3 Å². The van der Waals surface area contributed by atoms with Crippen molar-refractivity contribution in [2.75, 3.05) is 23.8 Å². The summed E-state index contributed by atoms with van der Waals surface area (Å²) >= 11 is 0. The molecule has 0 unspecified atom stereocenters. The molecule has 1 aromatic heterocycles. The standard InChI is InChI=1S/C19H22N4O2/c1-13(25)14-6-4-7-15(12-14)21-19-22-17-9-3-2-8-16(17)18(23-19)20-10-5-11-24/h2-4,6-9,12-13,24-25H,5,10-11H2,1H3,(H2,20,21,22,23)/t13-/m0/s1. The Bertz CT molecular complexity index is 852. The Hall–Kier alpha value is -2.70. The van der Waals surface area contributed by atoms with E-state index < -0.39 is 6.10 Å². The van der Waals surface area contributed by atoms with Gasteiger partial charge in [0.1, 0.15) is 5.82 Å². The molecule has 0 saturated heterocycles. The molecule has 2 aromatic carbocycles. The summed E-state index contributed by atoms with van der Waals surface area (Å²) in [5.74, 6) is 1.21. The largest absolute Gasteiger partial charge is 0.396 e. The highest BCUT2D eigenvalue weighted by Crippen LogP contribution is 2.24. The molecule has 3 aromatic rings. The number of rotatable bonds is 7. The summed E-state index contributed by atoms with van der Waals surface area (Å²) in [6, 6.07) is 15.3. The van der Waals surface area contributed by atoms with E-state index in [1.807, 2.05) is 48.5 Å². The Balaban J connectivity index is 1.92. The molecule has 0 amide bonds. The molecule has 25 heavy (non-hydrogen) atoms. The number of hydrogen-bond donors (Lipinski definition) is 4. The molecule has 4 N–H and O–H groups in total. The molecule has 0 fully saturated rings. The Morgan fingerprint density at radius 3 is 2.72 bits per heavy atom. The van der Waals surface area contributed by atoms with Gasteiger partial charge in [-0.2, -0.15) is 4.98 Å². The fraction of sp³-hybridized carbons (Fsp3) is 0.263. The summed E-state index contributed by atoms with van der Waals surface area (Å²) in [4.78, 5) is 9.12. The summed E-state index contributed by atoms with van der Waals surface area (Å²) in [5.41, 5.74) is 2.47. The number of benzene rings is 2. The maximum absolute atomic E-state index is 9.73. The van der Waals surface area contributed by atoms with E-state index in [0.717, 1.165) is 28.0 Å². The topological polar surface area (TPSA) is 90.3 Å². The van der Waals surface area contributed by atoms with Gasteiger partial charge in [0.05, 0.1) is 11.6 Å². The van der Waals surface area contributed by atoms with Crippen LogP contribution in [0.1, 0.15) is 25.0 Å². The van der Waals surface area contributed by atoms with Gasteiger partial charge in [0.2, 0.25) is 5.95 Å². The summed E-state index contributed by atoms with van der Waals surface area (Å²) < 4.78 is 0. The van der Waals surface area contributed by atoms with Gasteiger partial charge in [0.25, 0.3) is 0 Å². The third kappa shape index (κ3) is 4.23. The van der Waals surface area contributed by atoms with E-state index in [2.05, 4.69) is 20.6 Å². The number of para-hydroxylation sites is 1. The molecule has 0 spiro atoms. The van der Waals surface area contributed by atoms with Crippen LogP contribution >= 0.6 is 0 Å². The Labute approximate surface area is 146 Å². The van der Waals surface area contributed by atoms with Crippen molar-refractivity contribution in [1.29, 1.82) is 0 Å². The minimum Gasteiger partial charge on any atom is -0.396 e. The quantitative estimate of drug-likeness (QED) is 0.495. The molecule has 0 aliphatic carbocycles. The molecule has 0 aliphatic heterocycles. The maximum atomic E-state index is 9.73. The minimum absolute atomic E-state index is 0.132. The van der Waals surface area contributed by atoms with Crippen molar-refractivity contribution in [3.05, 3.63) is 54.1 Å². The van der Waals surface area contributed by atoms with Crippen LogP contribution in [0.2, 0.25) is 0 Å². The zero-order chi connectivity index (χ0) is 17.6. The Morgan fingerprint density at radius 1 is 1.08 bits per heavy atom. The molecule has 130 valence electrons. The smallest absolute Gasteiger partial charge is 0.229 e. The maximum Gasteiger partial charge on any atom is 0.229 e. The van der Waals surface area contributed by atoms with Crippen molar-refractivity contribution < 1.29 is 10.2 Å². The number of aliphatic hydroxyl groups excluding tert-OH is 2. The first-order chi connectivity index (χ1) is 12.2. The van der Waals surface area contributed by atoms with Crippen LogP contribution in [-0.4, -0.2) is 33.3 Å². The highest BCUT2D eigenvalue weighted by atomic mass is 16.3. The first-order valence-corrected chi connectivity index (χ1v) is 8.34. The normalized spacial score (nSPS) is 12.1. The average Bonchev–Trinajstić information content (AvgIpc) is 2.62. The number of anilines is 3. The molecular weight excluding hydrogens is 316 g/mol. The fourth-order valence-electron chi connectivity index (χ4n) is 2.56. The van der Waals surface area contributed by atoms with Crippen molar-refractivity contribution in [3.8, 4) is 0 Å². The molecule has 0 bridgehead atoms. The Morgan fingerprint density at radius 2 is 1.92 bits per heavy atom. The number of hydrogen-bond acceptors (Lipinski definition) is 6. The van der Waals surface area contributed by atoms with Gasteiger partial charge in [0, 0.05) is 24.2 Å². The second-order valence-corrected chi connectivity index (χ2v) is 5.84. The SMILES string of the molecule is C[C@H](O)c1cccc(Nc2nc(NCCCO)c3ccccc3n2)c1. The lowest BCUT2D eigenvalue weighted by atomic mass is 10.1. The van der Waals surface area contributed by atoms with Crippen LogP contribution in [0.3, 0.4) is 0 Å². The van der Waals surface area contributed by atoms with E-state index in [0.29, 0.717) is 18.9 Å². The van der Waals surface area contributed by atoms with Gasteiger partial charge in [-0.25, -0.2) is 4.98 Å². The number of aromatic nitrogens is 2. The molecule has 6 nitrogen and oxygen atoms in total. The number of aliphatic hydroxyl groups is 2. The van der Waals surface area contributed by atoms with Gasteiger partial charge < -0.3 is 20.8 Å². The van der Waals surface area contributed by atoms with E-state index in [9.17, 15) is 5.11 Å². The monoisotopic (exact) mass is 338 g/mol. The summed E-state index contributed by atoms with van der Waals surface area (Å²) in [5, 5.41) is 26.1. The van der Waals surface area contributed by atoms with Crippen LogP contribution in [0.5, 0.6) is 0 Å². The van der Waals surface area contributed by atoms with E-state index in [1.54, 1.807) is 6.92 Å². The minimum atomic E-state index is -0.532.